The second-order valence-corrected chi connectivity index (χ2v) is 23.8. The Morgan fingerprint density at radius 1 is 0.420 bits per heavy atom. The molecule has 0 radical (unpaired) electrons. The minimum Gasteiger partial charge on any atom is -0.493 e. The van der Waals surface area contributed by atoms with Crippen LogP contribution >= 0.6 is 40.5 Å². The van der Waals surface area contributed by atoms with Gasteiger partial charge in [0, 0.05) is 60.6 Å². The van der Waals surface area contributed by atoms with E-state index < -0.39 is 0 Å². The lowest BCUT2D eigenvalue weighted by Gasteiger charge is -2.28. The zero-order valence-electron chi connectivity index (χ0n) is 49.4. The zero-order chi connectivity index (χ0) is 52.0. The van der Waals surface area contributed by atoms with Crippen molar-refractivity contribution in [1.29, 1.82) is 0 Å². The lowest BCUT2D eigenvalue weighted by Crippen LogP contribution is -2.39. The van der Waals surface area contributed by atoms with Crippen molar-refractivity contribution in [2.45, 2.75) is 204 Å². The third-order valence-electron chi connectivity index (χ3n) is 11.0. The van der Waals surface area contributed by atoms with Gasteiger partial charge in [-0.1, -0.05) is 164 Å². The molecule has 1 aromatic carbocycles. The molecule has 69 heavy (non-hydrogen) atoms. The molecule has 412 valence electrons. The summed E-state index contributed by atoms with van der Waals surface area (Å²) in [4.78, 5) is 50.1. The van der Waals surface area contributed by atoms with Gasteiger partial charge in [0.2, 0.25) is 0 Å². The van der Waals surface area contributed by atoms with E-state index in [4.69, 9.17) is 9.47 Å². The van der Waals surface area contributed by atoms with Crippen LogP contribution in [0.5, 0.6) is 5.75 Å². The fourth-order valence-corrected chi connectivity index (χ4v) is 7.61. The highest BCUT2D eigenvalue weighted by molar-refractivity contribution is 7.59. The van der Waals surface area contributed by atoms with Gasteiger partial charge in [0.15, 0.2) is 0 Å². The van der Waals surface area contributed by atoms with Crippen molar-refractivity contribution in [3.05, 3.63) is 29.8 Å². The predicted octanol–water partition coefficient (Wildman–Crippen LogP) is 15.5. The first-order chi connectivity index (χ1) is 30.3. The van der Waals surface area contributed by atoms with Crippen molar-refractivity contribution >= 4 is 63.6 Å². The lowest BCUT2D eigenvalue weighted by molar-refractivity contribution is -0.129. The maximum Gasteiger partial charge on any atom is 0.149 e. The average molecular weight is 1030 g/mol. The molecular weight excluding hydrogens is 915 g/mol. The number of carbonyl (C=O) groups is 4. The van der Waals surface area contributed by atoms with Gasteiger partial charge in [-0.3, -0.25) is 24.1 Å². The van der Waals surface area contributed by atoms with Gasteiger partial charge in [0.1, 0.15) is 28.9 Å². The van der Waals surface area contributed by atoms with E-state index in [2.05, 4.69) is 128 Å². The minimum absolute atomic E-state index is 0. The van der Waals surface area contributed by atoms with E-state index in [0.29, 0.717) is 83.8 Å². The summed E-state index contributed by atoms with van der Waals surface area (Å²) < 4.78 is 11.3. The van der Waals surface area contributed by atoms with Crippen LogP contribution in [0.25, 0.3) is 0 Å². The van der Waals surface area contributed by atoms with Crippen molar-refractivity contribution in [2.24, 2.45) is 82.9 Å². The van der Waals surface area contributed by atoms with Crippen molar-refractivity contribution in [3.8, 4) is 5.75 Å². The third kappa shape index (κ3) is 43.9. The summed E-state index contributed by atoms with van der Waals surface area (Å²) in [5.41, 5.74) is 1.22. The normalized spacial score (nSPS) is 12.3. The van der Waals surface area contributed by atoms with Gasteiger partial charge in [-0.05, 0) is 105 Å². The maximum absolute atomic E-state index is 12.4. The first-order valence-electron chi connectivity index (χ1n) is 26.5. The summed E-state index contributed by atoms with van der Waals surface area (Å²) in [6, 6.07) is 8.68. The maximum atomic E-state index is 12.4. The Morgan fingerprint density at radius 3 is 1.12 bits per heavy atom. The Kier molecular flexibility index (Phi) is 50.6. The molecule has 0 heterocycles. The molecule has 0 spiro atoms. The number of ketones is 4. The van der Waals surface area contributed by atoms with Crippen LogP contribution in [0.4, 0.5) is 0 Å². The number of nitrogens with zero attached hydrogens (tertiary/aromatic N) is 1. The van der Waals surface area contributed by atoms with E-state index in [0.717, 1.165) is 57.6 Å². The highest BCUT2D eigenvalue weighted by Crippen LogP contribution is 2.25. The van der Waals surface area contributed by atoms with Gasteiger partial charge in [0.05, 0.1) is 19.8 Å². The van der Waals surface area contributed by atoms with Crippen LogP contribution in [0.1, 0.15) is 197 Å². The molecule has 0 aliphatic carbocycles. The average Bonchev–Trinajstić information content (AvgIpc) is 3.18. The molecule has 0 aliphatic heterocycles. The van der Waals surface area contributed by atoms with Crippen LogP contribution in [0.3, 0.4) is 0 Å². The number of rotatable bonds is 29. The molecule has 0 aliphatic rings. The molecule has 0 aromatic heterocycles. The molecule has 1 aromatic rings. The summed E-state index contributed by atoms with van der Waals surface area (Å²) in [5, 5.41) is 0. The molecule has 2 atom stereocenters. The first-order valence-corrected chi connectivity index (χ1v) is 26.5. The van der Waals surface area contributed by atoms with Crippen molar-refractivity contribution in [3.63, 3.8) is 0 Å². The zero-order valence-corrected chi connectivity index (χ0v) is 52.4. The summed E-state index contributed by atoms with van der Waals surface area (Å²) in [5.74, 6) is 7.54. The molecule has 0 unspecified atom stereocenters. The van der Waals surface area contributed by atoms with Gasteiger partial charge in [-0.25, -0.2) is 0 Å². The SMILES string of the molecule is CC(C)CC(CC(C)C)C(=O)C(C)C.CC(C)CN(CC(=O)C(C)C)C(C)C.CC(C)COC[C@H](CC(C)C)C(=O)C(C)C.CC(C)COc1ccc(C[C@H](CC(C)C)C(=O)C(C)C)cc1.S.S.S. The van der Waals surface area contributed by atoms with Gasteiger partial charge in [-0.15, -0.1) is 0 Å². The largest absolute Gasteiger partial charge is 0.493 e. The molecule has 1 rings (SSSR count). The van der Waals surface area contributed by atoms with E-state index >= 15 is 0 Å². The molecule has 7 nitrogen and oxygen atoms in total. The number of hydrogen-bond acceptors (Lipinski definition) is 7. The van der Waals surface area contributed by atoms with E-state index in [1.165, 1.54) is 5.56 Å². The Hall–Kier alpha value is -1.33. The third-order valence-corrected chi connectivity index (χ3v) is 11.0. The van der Waals surface area contributed by atoms with Gasteiger partial charge in [0.25, 0.3) is 0 Å². The summed E-state index contributed by atoms with van der Waals surface area (Å²) in [7, 11) is 0. The van der Waals surface area contributed by atoms with E-state index in [1.54, 1.807) is 0 Å². The number of carbonyl (C=O) groups excluding carboxylic acids is 4. The lowest BCUT2D eigenvalue weighted by atomic mass is 9.83. The standard InChI is InChI=1S/C20H32O2.C14H28O2.C13H26O.C12H25NO.3H2S/c1-14(2)11-18(20(21)16(5)6)12-17-7-9-19(10-8-17)22-13-15(3)4;1-10(2)7-13(14(15)12(5)6)9-16-8-11(3)4;1-9(2)7-12(8-10(3)4)13(14)11(5)6;1-9(2)7-13(11(5)6)8-12(14)10(3)4;;;/h7-10,14-16,18H,11-13H2,1-6H3;10-13H,7-9H2,1-6H3;9-12H,7-8H2,1-6H3;9-11H,7-8H2,1-6H3;3*1H2/t18-;13-;;;;;/m00...../s1. The summed E-state index contributed by atoms with van der Waals surface area (Å²) >= 11 is 0. The molecular formula is C59H117NO6S3. The molecule has 0 amide bonds. The summed E-state index contributed by atoms with van der Waals surface area (Å²) in [6.45, 7) is 54.3. The number of benzene rings is 1. The second kappa shape index (κ2) is 44.2. The predicted molar refractivity (Wildman–Crippen MR) is 316 cm³/mol. The van der Waals surface area contributed by atoms with Crippen molar-refractivity contribution in [2.75, 3.05) is 32.9 Å². The molecule has 10 heteroatoms. The molecule has 0 saturated heterocycles. The Balaban J connectivity index is -0.000000193. The highest BCUT2D eigenvalue weighted by atomic mass is 32.1. The van der Waals surface area contributed by atoms with Crippen LogP contribution in [0.15, 0.2) is 24.3 Å². The summed E-state index contributed by atoms with van der Waals surface area (Å²) in [6.07, 6.45) is 4.84. The van der Waals surface area contributed by atoms with Crippen molar-refractivity contribution in [1.82, 2.24) is 4.90 Å². The van der Waals surface area contributed by atoms with Crippen LogP contribution in [0, 0.1) is 82.9 Å². The highest BCUT2D eigenvalue weighted by Gasteiger charge is 2.25. The fourth-order valence-electron chi connectivity index (χ4n) is 7.61. The Morgan fingerprint density at radius 2 is 0.783 bits per heavy atom. The van der Waals surface area contributed by atoms with Crippen LogP contribution in [0.2, 0.25) is 0 Å². The Bertz CT molecular complexity index is 1390. The first kappa shape index (κ1) is 79.1. The quantitative estimate of drug-likeness (QED) is 0.0789. The van der Waals surface area contributed by atoms with Crippen molar-refractivity contribution < 1.29 is 28.7 Å². The Labute approximate surface area is 450 Å². The van der Waals surface area contributed by atoms with E-state index in [1.807, 2.05) is 67.5 Å². The number of ether oxygens (including phenoxy) is 2. The fraction of sp³-hybridized carbons (Fsp3) is 0.831. The smallest absolute Gasteiger partial charge is 0.149 e. The van der Waals surface area contributed by atoms with E-state index in [9.17, 15) is 19.2 Å². The monoisotopic (exact) mass is 1030 g/mol. The number of hydrogen-bond donors (Lipinski definition) is 0. The van der Waals surface area contributed by atoms with Gasteiger partial charge in [-0.2, -0.15) is 40.5 Å². The van der Waals surface area contributed by atoms with Crippen LogP contribution in [-0.4, -0.2) is 67.0 Å². The minimum atomic E-state index is 0. The van der Waals surface area contributed by atoms with Crippen LogP contribution < -0.4 is 4.74 Å². The van der Waals surface area contributed by atoms with Gasteiger partial charge >= 0.3 is 0 Å². The second-order valence-electron chi connectivity index (χ2n) is 23.8. The topological polar surface area (TPSA) is 90.0 Å². The van der Waals surface area contributed by atoms with Gasteiger partial charge < -0.3 is 9.47 Å². The van der Waals surface area contributed by atoms with E-state index in [-0.39, 0.29) is 81.9 Å². The van der Waals surface area contributed by atoms with Crippen LogP contribution in [-0.2, 0) is 30.3 Å². The molecule has 0 saturated carbocycles. The molecule has 0 bridgehead atoms. The molecule has 0 N–H and O–H groups in total. The number of Topliss-reactive ketones (excluding diaryl/α,β-unsaturated/α-hetero) is 4. The molecule has 0 fully saturated rings.